The molecule has 2 aromatic carbocycles. The van der Waals surface area contributed by atoms with Crippen molar-refractivity contribution >= 4 is 16.6 Å². The summed E-state index contributed by atoms with van der Waals surface area (Å²) in [7, 11) is 0. The summed E-state index contributed by atoms with van der Waals surface area (Å²) in [6.45, 7) is 8.58. The zero-order valence-electron chi connectivity index (χ0n) is 17.8. The van der Waals surface area contributed by atoms with Crippen molar-refractivity contribution in [1.82, 2.24) is 14.2 Å². The van der Waals surface area contributed by atoms with Crippen molar-refractivity contribution in [3.05, 3.63) is 76.2 Å². The van der Waals surface area contributed by atoms with Gasteiger partial charge in [0.05, 0.1) is 23.1 Å². The predicted molar refractivity (Wildman–Crippen MR) is 118 cm³/mol. The number of aliphatic hydroxyl groups excluding tert-OH is 1. The summed E-state index contributed by atoms with van der Waals surface area (Å²) in [6.07, 6.45) is -0.842. The first-order chi connectivity index (χ1) is 14.2. The van der Waals surface area contributed by atoms with Gasteiger partial charge in [0.25, 0.3) is 5.56 Å². The molecule has 0 radical (unpaired) electrons. The van der Waals surface area contributed by atoms with Gasteiger partial charge >= 0.3 is 0 Å². The van der Waals surface area contributed by atoms with Gasteiger partial charge in [-0.2, -0.15) is 5.10 Å². The normalized spacial score (nSPS) is 13.1. The molecule has 0 saturated carbocycles. The summed E-state index contributed by atoms with van der Waals surface area (Å²) in [5, 5.41) is 15.7. The van der Waals surface area contributed by atoms with Gasteiger partial charge in [0.2, 0.25) is 0 Å². The largest absolute Gasteiger partial charge is 0.491 e. The molecule has 2 aromatic heterocycles. The summed E-state index contributed by atoms with van der Waals surface area (Å²) in [5.41, 5.74) is 3.37. The van der Waals surface area contributed by atoms with Gasteiger partial charge in [-0.05, 0) is 42.2 Å². The molecule has 0 aliphatic rings. The zero-order chi connectivity index (χ0) is 21.5. The second kappa shape index (κ2) is 7.61. The van der Waals surface area contributed by atoms with Gasteiger partial charge in [0.15, 0.2) is 0 Å². The van der Waals surface area contributed by atoms with Crippen LogP contribution in [0.2, 0.25) is 0 Å². The second-order valence-corrected chi connectivity index (χ2v) is 8.73. The number of para-hydroxylation sites is 1. The topological polar surface area (TPSA) is 68.8 Å². The first-order valence-electron chi connectivity index (χ1n) is 10.1. The quantitative estimate of drug-likeness (QED) is 0.550. The molecule has 0 aliphatic heterocycles. The molecule has 2 heterocycles. The highest BCUT2D eigenvalue weighted by Crippen LogP contribution is 2.24. The Morgan fingerprint density at radius 1 is 1.10 bits per heavy atom. The Balaban J connectivity index is 1.56. The molecule has 4 rings (SSSR count). The van der Waals surface area contributed by atoms with E-state index in [4.69, 9.17) is 4.74 Å². The summed E-state index contributed by atoms with van der Waals surface area (Å²) >= 11 is 0. The molecular weight excluding hydrogens is 378 g/mol. The van der Waals surface area contributed by atoms with E-state index in [0.717, 1.165) is 11.2 Å². The van der Waals surface area contributed by atoms with Crippen molar-refractivity contribution in [1.29, 1.82) is 0 Å². The highest BCUT2D eigenvalue weighted by Gasteiger charge is 2.16. The van der Waals surface area contributed by atoms with Crippen LogP contribution in [0.1, 0.15) is 32.0 Å². The van der Waals surface area contributed by atoms with Gasteiger partial charge in [-0.1, -0.05) is 45.0 Å². The number of aliphatic hydroxyl groups is 1. The lowest BCUT2D eigenvalue weighted by atomic mass is 9.87. The van der Waals surface area contributed by atoms with E-state index < -0.39 is 6.10 Å². The third-order valence-electron chi connectivity index (χ3n) is 5.25. The van der Waals surface area contributed by atoms with E-state index in [9.17, 15) is 9.90 Å². The summed E-state index contributed by atoms with van der Waals surface area (Å²) in [6, 6.07) is 17.1. The summed E-state index contributed by atoms with van der Waals surface area (Å²) < 4.78 is 9.09. The van der Waals surface area contributed by atoms with Crippen LogP contribution in [0.15, 0.2) is 59.4 Å². The van der Waals surface area contributed by atoms with Crippen LogP contribution in [0.3, 0.4) is 0 Å². The van der Waals surface area contributed by atoms with Crippen LogP contribution in [0.4, 0.5) is 0 Å². The van der Waals surface area contributed by atoms with Gasteiger partial charge in [-0.15, -0.1) is 0 Å². The summed E-state index contributed by atoms with van der Waals surface area (Å²) in [5.74, 6) is 0.693. The minimum absolute atomic E-state index is 0.0735. The van der Waals surface area contributed by atoms with Gasteiger partial charge in [0, 0.05) is 6.07 Å². The average Bonchev–Trinajstić information content (AvgIpc) is 3.11. The first-order valence-corrected chi connectivity index (χ1v) is 10.1. The summed E-state index contributed by atoms with van der Waals surface area (Å²) in [4.78, 5) is 13.1. The standard InChI is InChI=1S/C24H27N3O3/c1-16-13-22-26(23(29)20-7-5-6-8-21(20)27(22)25-16)14-18(28)15-30-19-11-9-17(10-12-19)24(2,3)4/h5-13,18,28H,14-15H2,1-4H3/t18-/m1/s1. The molecule has 0 spiro atoms. The molecule has 156 valence electrons. The minimum Gasteiger partial charge on any atom is -0.491 e. The highest BCUT2D eigenvalue weighted by atomic mass is 16.5. The molecule has 0 bridgehead atoms. The van der Waals surface area contributed by atoms with Gasteiger partial charge in [-0.25, -0.2) is 4.52 Å². The number of ether oxygens (including phenoxy) is 1. The fourth-order valence-electron chi connectivity index (χ4n) is 3.63. The van der Waals surface area contributed by atoms with Crippen LogP contribution in [-0.2, 0) is 12.0 Å². The number of rotatable bonds is 5. The number of fused-ring (bicyclic) bond motifs is 3. The van der Waals surface area contributed by atoms with Crippen LogP contribution in [-0.4, -0.2) is 32.0 Å². The molecule has 6 heteroatoms. The smallest absolute Gasteiger partial charge is 0.261 e. The van der Waals surface area contributed by atoms with E-state index in [1.165, 1.54) is 5.56 Å². The highest BCUT2D eigenvalue weighted by molar-refractivity contribution is 5.80. The van der Waals surface area contributed by atoms with Crippen molar-refractivity contribution in [3.8, 4) is 5.75 Å². The number of hydrogen-bond donors (Lipinski definition) is 1. The number of benzene rings is 2. The molecule has 30 heavy (non-hydrogen) atoms. The van der Waals surface area contributed by atoms with Gasteiger partial charge in [-0.3, -0.25) is 9.36 Å². The average molecular weight is 405 g/mol. The molecule has 1 N–H and O–H groups in total. The van der Waals surface area contributed by atoms with E-state index in [0.29, 0.717) is 16.8 Å². The van der Waals surface area contributed by atoms with E-state index in [1.807, 2.05) is 55.5 Å². The number of aryl methyl sites for hydroxylation is 1. The molecule has 6 nitrogen and oxygen atoms in total. The van der Waals surface area contributed by atoms with Crippen molar-refractivity contribution < 1.29 is 9.84 Å². The van der Waals surface area contributed by atoms with Crippen LogP contribution < -0.4 is 10.3 Å². The maximum absolute atomic E-state index is 13.1. The lowest BCUT2D eigenvalue weighted by molar-refractivity contribution is 0.0925. The maximum atomic E-state index is 13.1. The molecule has 0 fully saturated rings. The second-order valence-electron chi connectivity index (χ2n) is 8.73. The molecule has 0 amide bonds. The van der Waals surface area contributed by atoms with Gasteiger partial charge < -0.3 is 9.84 Å². The third-order valence-corrected chi connectivity index (χ3v) is 5.25. The Hall–Kier alpha value is -3.12. The lowest BCUT2D eigenvalue weighted by Gasteiger charge is -2.19. The Kier molecular flexibility index (Phi) is 5.12. The van der Waals surface area contributed by atoms with Crippen molar-refractivity contribution in [3.63, 3.8) is 0 Å². The van der Waals surface area contributed by atoms with Crippen LogP contribution in [0, 0.1) is 6.92 Å². The van der Waals surface area contributed by atoms with Crippen molar-refractivity contribution in [2.24, 2.45) is 0 Å². The van der Waals surface area contributed by atoms with Crippen LogP contribution in [0.5, 0.6) is 5.75 Å². The van der Waals surface area contributed by atoms with E-state index in [2.05, 4.69) is 25.9 Å². The molecule has 1 atom stereocenters. The van der Waals surface area contributed by atoms with Crippen molar-refractivity contribution in [2.45, 2.75) is 45.8 Å². The monoisotopic (exact) mass is 405 g/mol. The molecule has 0 saturated heterocycles. The molecule has 0 unspecified atom stereocenters. The predicted octanol–water partition coefficient (Wildman–Crippen LogP) is 3.70. The first kappa shape index (κ1) is 20.2. The number of hydrogen-bond acceptors (Lipinski definition) is 4. The lowest BCUT2D eigenvalue weighted by Crippen LogP contribution is -2.31. The Labute approximate surface area is 175 Å². The number of aromatic nitrogens is 3. The van der Waals surface area contributed by atoms with E-state index in [1.54, 1.807) is 15.1 Å². The SMILES string of the molecule is Cc1cc2n(C[C@@H](O)COc3ccc(C(C)(C)C)cc3)c(=O)c3ccccc3n2n1. The van der Waals surface area contributed by atoms with E-state index >= 15 is 0 Å². The molecule has 0 aliphatic carbocycles. The maximum Gasteiger partial charge on any atom is 0.261 e. The van der Waals surface area contributed by atoms with Crippen LogP contribution in [0.25, 0.3) is 16.6 Å². The molecular formula is C24H27N3O3. The zero-order valence-corrected chi connectivity index (χ0v) is 17.8. The Morgan fingerprint density at radius 2 is 1.80 bits per heavy atom. The van der Waals surface area contributed by atoms with E-state index in [-0.39, 0.29) is 24.1 Å². The van der Waals surface area contributed by atoms with Gasteiger partial charge in [0.1, 0.15) is 24.1 Å². The number of nitrogens with zero attached hydrogens (tertiary/aromatic N) is 3. The third kappa shape index (κ3) is 3.83. The fraction of sp³-hybridized carbons (Fsp3) is 0.333. The Bertz CT molecular complexity index is 1250. The minimum atomic E-state index is -0.842. The Morgan fingerprint density at radius 3 is 2.50 bits per heavy atom. The molecule has 4 aromatic rings. The van der Waals surface area contributed by atoms with Crippen molar-refractivity contribution in [2.75, 3.05) is 6.61 Å². The van der Waals surface area contributed by atoms with Crippen LogP contribution >= 0.6 is 0 Å². The fourth-order valence-corrected chi connectivity index (χ4v) is 3.63.